The Morgan fingerprint density at radius 3 is 2.81 bits per heavy atom. The third-order valence-electron chi connectivity index (χ3n) is 3.12. The van der Waals surface area contributed by atoms with Crippen LogP contribution in [-0.2, 0) is 19.4 Å². The van der Waals surface area contributed by atoms with Crippen molar-refractivity contribution in [3.05, 3.63) is 17.2 Å². The number of hydrogen-bond acceptors (Lipinski definition) is 2. The molecule has 2 rings (SSSR count). The van der Waals surface area contributed by atoms with Crippen molar-refractivity contribution in [2.24, 2.45) is 0 Å². The number of rotatable bonds is 2. The van der Waals surface area contributed by atoms with Gasteiger partial charge in [-0.1, -0.05) is 6.92 Å². The standard InChI is InChI=1S/C12H19N3O/c1-4-10-13-11(12(16)14(2)3)9-7-5-6-8-15(9)10/h4-8H2,1-3H3. The fraction of sp³-hybridized carbons (Fsp3) is 0.667. The van der Waals surface area contributed by atoms with Crippen LogP contribution in [0, 0.1) is 0 Å². The molecule has 16 heavy (non-hydrogen) atoms. The third kappa shape index (κ3) is 1.72. The Labute approximate surface area is 96.3 Å². The molecule has 0 radical (unpaired) electrons. The molecule has 1 aliphatic heterocycles. The van der Waals surface area contributed by atoms with Crippen LogP contribution in [0.25, 0.3) is 0 Å². The van der Waals surface area contributed by atoms with Crippen LogP contribution in [0.2, 0.25) is 0 Å². The summed E-state index contributed by atoms with van der Waals surface area (Å²) in [5, 5.41) is 0. The molecule has 1 aromatic rings. The number of amides is 1. The molecule has 0 aliphatic carbocycles. The van der Waals surface area contributed by atoms with Gasteiger partial charge in [-0.15, -0.1) is 0 Å². The first-order valence-corrected chi connectivity index (χ1v) is 5.95. The average Bonchev–Trinajstić information content (AvgIpc) is 2.66. The number of aromatic nitrogens is 2. The van der Waals surface area contributed by atoms with Crippen LogP contribution in [0.3, 0.4) is 0 Å². The first-order valence-electron chi connectivity index (χ1n) is 5.95. The summed E-state index contributed by atoms with van der Waals surface area (Å²) in [6.45, 7) is 3.11. The molecule has 0 unspecified atom stereocenters. The lowest BCUT2D eigenvalue weighted by molar-refractivity contribution is 0.0821. The van der Waals surface area contributed by atoms with E-state index in [-0.39, 0.29) is 5.91 Å². The molecule has 2 heterocycles. The summed E-state index contributed by atoms with van der Waals surface area (Å²) in [5.74, 6) is 1.09. The van der Waals surface area contributed by atoms with Gasteiger partial charge in [0.15, 0.2) is 0 Å². The maximum atomic E-state index is 12.0. The van der Waals surface area contributed by atoms with Crippen LogP contribution >= 0.6 is 0 Å². The number of hydrogen-bond donors (Lipinski definition) is 0. The minimum Gasteiger partial charge on any atom is -0.343 e. The maximum Gasteiger partial charge on any atom is 0.273 e. The smallest absolute Gasteiger partial charge is 0.273 e. The normalized spacial score (nSPS) is 14.7. The number of aryl methyl sites for hydroxylation is 1. The predicted octanol–water partition coefficient (Wildman–Crippen LogP) is 1.48. The maximum absolute atomic E-state index is 12.0. The number of fused-ring (bicyclic) bond motifs is 1. The topological polar surface area (TPSA) is 38.1 Å². The molecule has 0 atom stereocenters. The Morgan fingerprint density at radius 2 is 2.19 bits per heavy atom. The van der Waals surface area contributed by atoms with Gasteiger partial charge in [0.1, 0.15) is 11.5 Å². The van der Waals surface area contributed by atoms with Crippen LogP contribution in [-0.4, -0.2) is 34.5 Å². The lowest BCUT2D eigenvalue weighted by atomic mass is 10.1. The van der Waals surface area contributed by atoms with Gasteiger partial charge in [0.25, 0.3) is 5.91 Å². The van der Waals surface area contributed by atoms with Crippen molar-refractivity contribution in [3.63, 3.8) is 0 Å². The zero-order valence-electron chi connectivity index (χ0n) is 10.3. The van der Waals surface area contributed by atoms with Crippen LogP contribution in [0.4, 0.5) is 0 Å². The van der Waals surface area contributed by atoms with E-state index in [9.17, 15) is 4.79 Å². The Bertz CT molecular complexity index is 407. The molecule has 0 saturated heterocycles. The van der Waals surface area contributed by atoms with Crippen molar-refractivity contribution in [2.75, 3.05) is 14.1 Å². The summed E-state index contributed by atoms with van der Waals surface area (Å²) >= 11 is 0. The van der Waals surface area contributed by atoms with Gasteiger partial charge in [-0.2, -0.15) is 0 Å². The van der Waals surface area contributed by atoms with Gasteiger partial charge in [0, 0.05) is 27.1 Å². The monoisotopic (exact) mass is 221 g/mol. The number of imidazole rings is 1. The average molecular weight is 221 g/mol. The SMILES string of the molecule is CCc1nc(C(=O)N(C)C)c2n1CCCC2. The lowest BCUT2D eigenvalue weighted by Crippen LogP contribution is -2.24. The van der Waals surface area contributed by atoms with E-state index in [0.29, 0.717) is 5.69 Å². The Balaban J connectivity index is 2.46. The fourth-order valence-corrected chi connectivity index (χ4v) is 2.27. The van der Waals surface area contributed by atoms with E-state index in [4.69, 9.17) is 0 Å². The van der Waals surface area contributed by atoms with Crippen LogP contribution in [0.5, 0.6) is 0 Å². The van der Waals surface area contributed by atoms with Gasteiger partial charge in [0.05, 0.1) is 5.69 Å². The highest BCUT2D eigenvalue weighted by Gasteiger charge is 2.24. The molecule has 88 valence electrons. The zero-order chi connectivity index (χ0) is 11.7. The largest absolute Gasteiger partial charge is 0.343 e. The van der Waals surface area contributed by atoms with Gasteiger partial charge in [-0.25, -0.2) is 4.98 Å². The molecule has 0 N–H and O–H groups in total. The van der Waals surface area contributed by atoms with E-state index in [1.54, 1.807) is 19.0 Å². The molecule has 0 saturated carbocycles. The van der Waals surface area contributed by atoms with Gasteiger partial charge in [0.2, 0.25) is 0 Å². The lowest BCUT2D eigenvalue weighted by Gasteiger charge is -2.17. The molecule has 1 aliphatic rings. The van der Waals surface area contributed by atoms with E-state index < -0.39 is 0 Å². The van der Waals surface area contributed by atoms with Crippen molar-refractivity contribution in [1.82, 2.24) is 14.5 Å². The summed E-state index contributed by atoms with van der Waals surface area (Å²) in [7, 11) is 3.56. The summed E-state index contributed by atoms with van der Waals surface area (Å²) in [6.07, 6.45) is 4.25. The highest BCUT2D eigenvalue weighted by atomic mass is 16.2. The van der Waals surface area contributed by atoms with Crippen molar-refractivity contribution in [2.45, 2.75) is 39.2 Å². The van der Waals surface area contributed by atoms with E-state index >= 15 is 0 Å². The minimum absolute atomic E-state index is 0.0327. The molecule has 1 aromatic heterocycles. The van der Waals surface area contributed by atoms with Crippen molar-refractivity contribution in [3.8, 4) is 0 Å². The fourth-order valence-electron chi connectivity index (χ4n) is 2.27. The van der Waals surface area contributed by atoms with Crippen molar-refractivity contribution in [1.29, 1.82) is 0 Å². The summed E-state index contributed by atoms with van der Waals surface area (Å²) in [4.78, 5) is 18.1. The van der Waals surface area contributed by atoms with Crippen molar-refractivity contribution < 1.29 is 4.79 Å². The predicted molar refractivity (Wildman–Crippen MR) is 62.6 cm³/mol. The molecular weight excluding hydrogens is 202 g/mol. The molecule has 0 spiro atoms. The molecule has 4 heteroatoms. The van der Waals surface area contributed by atoms with E-state index in [1.165, 1.54) is 12.8 Å². The molecule has 0 aromatic carbocycles. The van der Waals surface area contributed by atoms with Crippen LogP contribution in [0.1, 0.15) is 41.8 Å². The highest BCUT2D eigenvalue weighted by molar-refractivity contribution is 5.93. The van der Waals surface area contributed by atoms with Crippen LogP contribution < -0.4 is 0 Å². The summed E-state index contributed by atoms with van der Waals surface area (Å²) in [6, 6.07) is 0. The van der Waals surface area contributed by atoms with Crippen molar-refractivity contribution >= 4 is 5.91 Å². The quantitative estimate of drug-likeness (QED) is 0.758. The molecular formula is C12H19N3O. The highest BCUT2D eigenvalue weighted by Crippen LogP contribution is 2.21. The van der Waals surface area contributed by atoms with Gasteiger partial charge < -0.3 is 9.47 Å². The van der Waals surface area contributed by atoms with E-state index in [0.717, 1.165) is 30.9 Å². The second-order valence-electron chi connectivity index (χ2n) is 4.49. The molecule has 1 amide bonds. The summed E-state index contributed by atoms with van der Waals surface area (Å²) in [5.41, 5.74) is 1.81. The first kappa shape index (κ1) is 11.2. The van der Waals surface area contributed by atoms with Gasteiger partial charge in [-0.05, 0) is 19.3 Å². The second-order valence-corrected chi connectivity index (χ2v) is 4.49. The van der Waals surface area contributed by atoms with Gasteiger partial charge >= 0.3 is 0 Å². The number of carbonyl (C=O) groups is 1. The Hall–Kier alpha value is -1.32. The van der Waals surface area contributed by atoms with E-state index in [2.05, 4.69) is 16.5 Å². The van der Waals surface area contributed by atoms with Crippen LogP contribution in [0.15, 0.2) is 0 Å². The summed E-state index contributed by atoms with van der Waals surface area (Å²) < 4.78 is 2.24. The van der Waals surface area contributed by atoms with E-state index in [1.807, 2.05) is 0 Å². The molecule has 0 bridgehead atoms. The molecule has 0 fully saturated rings. The molecule has 4 nitrogen and oxygen atoms in total. The number of nitrogens with zero attached hydrogens (tertiary/aromatic N) is 3. The number of carbonyl (C=O) groups excluding carboxylic acids is 1. The van der Waals surface area contributed by atoms with Gasteiger partial charge in [-0.3, -0.25) is 4.79 Å². The third-order valence-corrected chi connectivity index (χ3v) is 3.12. The Morgan fingerprint density at radius 1 is 1.44 bits per heavy atom. The first-order chi connectivity index (χ1) is 7.65. The minimum atomic E-state index is 0.0327. The zero-order valence-corrected chi connectivity index (χ0v) is 10.3. The Kier molecular flexibility index (Phi) is 2.99. The second kappa shape index (κ2) is 4.28.